The van der Waals surface area contributed by atoms with Gasteiger partial charge in [-0.05, 0) is 33.5 Å². The van der Waals surface area contributed by atoms with E-state index in [0.29, 0.717) is 26.1 Å². The first-order chi connectivity index (χ1) is 18.3. The molecule has 3 aromatic rings. The SMILES string of the molecule is COC1(CCC(CO[Si](c2ccccc2)(c2ccccc2)C(C)(C)C)OCc2ccccc2)C=CC(=O)O1. The van der Waals surface area contributed by atoms with Gasteiger partial charge in [0.1, 0.15) is 0 Å². The average molecular weight is 531 g/mol. The number of esters is 1. The standard InChI is InChI=1S/C32H38O5Si/c1-31(2,3)38(28-16-10-6-11-17-28,29-18-12-7-13-19-29)36-25-27(35-24-26-14-8-5-9-15-26)20-22-32(34-4)23-21-30(33)37-32/h5-19,21,23,27H,20,22,24-25H2,1-4H3. The van der Waals surface area contributed by atoms with Crippen LogP contribution < -0.4 is 10.4 Å². The van der Waals surface area contributed by atoms with Gasteiger partial charge in [-0.2, -0.15) is 0 Å². The van der Waals surface area contributed by atoms with Gasteiger partial charge in [0.15, 0.2) is 0 Å². The summed E-state index contributed by atoms with van der Waals surface area (Å²) in [6.45, 7) is 7.66. The van der Waals surface area contributed by atoms with Crippen LogP contribution in [0.15, 0.2) is 103 Å². The molecule has 0 radical (unpaired) electrons. The van der Waals surface area contributed by atoms with Gasteiger partial charge in [-0.1, -0.05) is 112 Å². The van der Waals surface area contributed by atoms with Gasteiger partial charge in [-0.25, -0.2) is 4.79 Å². The first kappa shape index (κ1) is 28.0. The molecular formula is C32H38O5Si. The molecule has 0 fully saturated rings. The highest BCUT2D eigenvalue weighted by molar-refractivity contribution is 6.99. The maximum absolute atomic E-state index is 11.8. The molecule has 0 N–H and O–H groups in total. The van der Waals surface area contributed by atoms with Crippen molar-refractivity contribution < 1.29 is 23.4 Å². The molecule has 1 heterocycles. The van der Waals surface area contributed by atoms with Crippen LogP contribution in [0.25, 0.3) is 0 Å². The molecule has 200 valence electrons. The van der Waals surface area contributed by atoms with Crippen molar-refractivity contribution in [1.29, 1.82) is 0 Å². The third kappa shape index (κ3) is 6.33. The van der Waals surface area contributed by atoms with Crippen LogP contribution in [-0.2, 0) is 30.0 Å². The summed E-state index contributed by atoms with van der Waals surface area (Å²) in [5.41, 5.74) is 1.09. The van der Waals surface area contributed by atoms with E-state index in [2.05, 4.69) is 81.4 Å². The predicted molar refractivity (Wildman–Crippen MR) is 153 cm³/mol. The number of rotatable bonds is 12. The molecule has 2 atom stereocenters. The molecule has 3 aromatic carbocycles. The molecule has 6 heteroatoms. The van der Waals surface area contributed by atoms with Crippen molar-refractivity contribution in [2.24, 2.45) is 0 Å². The minimum absolute atomic E-state index is 0.142. The Labute approximate surface area is 227 Å². The van der Waals surface area contributed by atoms with Gasteiger partial charge in [-0.15, -0.1) is 0 Å². The molecule has 0 saturated heterocycles. The van der Waals surface area contributed by atoms with Crippen LogP contribution in [0, 0.1) is 0 Å². The monoisotopic (exact) mass is 530 g/mol. The topological polar surface area (TPSA) is 54.0 Å². The van der Waals surface area contributed by atoms with Crippen molar-refractivity contribution in [1.82, 2.24) is 0 Å². The molecule has 1 aliphatic heterocycles. The van der Waals surface area contributed by atoms with Crippen molar-refractivity contribution in [3.8, 4) is 0 Å². The van der Waals surface area contributed by atoms with Gasteiger partial charge in [0.05, 0.1) is 19.3 Å². The van der Waals surface area contributed by atoms with Crippen LogP contribution in [0.1, 0.15) is 39.2 Å². The third-order valence-electron chi connectivity index (χ3n) is 7.14. The van der Waals surface area contributed by atoms with E-state index >= 15 is 0 Å². The molecule has 5 nitrogen and oxygen atoms in total. The molecule has 4 rings (SSSR count). The number of benzene rings is 3. The summed E-state index contributed by atoms with van der Waals surface area (Å²) < 4.78 is 24.7. The fourth-order valence-electron chi connectivity index (χ4n) is 5.12. The zero-order valence-corrected chi connectivity index (χ0v) is 23.8. The molecule has 0 saturated carbocycles. The zero-order valence-electron chi connectivity index (χ0n) is 22.8. The van der Waals surface area contributed by atoms with Crippen LogP contribution in [0.3, 0.4) is 0 Å². The van der Waals surface area contributed by atoms with Crippen LogP contribution >= 0.6 is 0 Å². The Morgan fingerprint density at radius 1 is 0.868 bits per heavy atom. The van der Waals surface area contributed by atoms with Crippen molar-refractivity contribution >= 4 is 24.7 Å². The van der Waals surface area contributed by atoms with Gasteiger partial charge < -0.3 is 18.6 Å². The highest BCUT2D eigenvalue weighted by Gasteiger charge is 2.50. The van der Waals surface area contributed by atoms with E-state index in [0.717, 1.165) is 5.56 Å². The van der Waals surface area contributed by atoms with E-state index in [1.165, 1.54) is 16.4 Å². The molecule has 1 aliphatic rings. The van der Waals surface area contributed by atoms with E-state index in [4.69, 9.17) is 18.6 Å². The second kappa shape index (κ2) is 12.2. The van der Waals surface area contributed by atoms with Crippen LogP contribution in [-0.4, -0.2) is 39.9 Å². The maximum Gasteiger partial charge on any atom is 0.333 e. The Kier molecular flexibility index (Phi) is 9.00. The van der Waals surface area contributed by atoms with Crippen molar-refractivity contribution in [3.63, 3.8) is 0 Å². The van der Waals surface area contributed by atoms with Crippen LogP contribution in [0.5, 0.6) is 0 Å². The van der Waals surface area contributed by atoms with E-state index < -0.39 is 20.1 Å². The first-order valence-corrected chi connectivity index (χ1v) is 15.1. The molecule has 0 aliphatic carbocycles. The van der Waals surface area contributed by atoms with E-state index in [1.54, 1.807) is 13.2 Å². The number of cyclic esters (lactones) is 1. The summed E-state index contributed by atoms with van der Waals surface area (Å²) in [6, 6.07) is 31.3. The Bertz CT molecular complexity index is 1150. The molecular weight excluding hydrogens is 492 g/mol. The lowest BCUT2D eigenvalue weighted by atomic mass is 10.1. The van der Waals surface area contributed by atoms with Crippen LogP contribution in [0.4, 0.5) is 0 Å². The maximum atomic E-state index is 11.8. The quantitative estimate of drug-likeness (QED) is 0.232. The molecule has 0 aromatic heterocycles. The Morgan fingerprint density at radius 2 is 1.42 bits per heavy atom. The van der Waals surface area contributed by atoms with E-state index in [-0.39, 0.29) is 11.1 Å². The highest BCUT2D eigenvalue weighted by atomic mass is 28.4. The minimum atomic E-state index is -2.73. The van der Waals surface area contributed by atoms with E-state index in [9.17, 15) is 4.79 Å². The first-order valence-electron chi connectivity index (χ1n) is 13.2. The Morgan fingerprint density at radius 3 is 1.89 bits per heavy atom. The van der Waals surface area contributed by atoms with Gasteiger partial charge in [0.2, 0.25) is 5.79 Å². The van der Waals surface area contributed by atoms with Crippen molar-refractivity contribution in [2.75, 3.05) is 13.7 Å². The second-order valence-corrected chi connectivity index (χ2v) is 15.0. The average Bonchev–Trinajstić information content (AvgIpc) is 3.32. The number of hydrogen-bond acceptors (Lipinski definition) is 5. The smallest absolute Gasteiger partial charge is 0.333 e. The predicted octanol–water partition coefficient (Wildman–Crippen LogP) is 5.38. The summed E-state index contributed by atoms with van der Waals surface area (Å²) in [6.07, 6.45) is 3.93. The number of hydrogen-bond donors (Lipinski definition) is 0. The number of carbonyl (C=O) groups is 1. The van der Waals surface area contributed by atoms with Crippen LogP contribution in [0.2, 0.25) is 5.04 Å². The lowest BCUT2D eigenvalue weighted by Gasteiger charge is -2.43. The summed E-state index contributed by atoms with van der Waals surface area (Å²) in [5.74, 6) is -1.46. The summed E-state index contributed by atoms with van der Waals surface area (Å²) in [7, 11) is -1.17. The highest BCUT2D eigenvalue weighted by Crippen LogP contribution is 2.37. The number of ether oxygens (including phenoxy) is 3. The largest absolute Gasteiger partial charge is 0.426 e. The van der Waals surface area contributed by atoms with Crippen molar-refractivity contribution in [2.45, 2.75) is 57.1 Å². The minimum Gasteiger partial charge on any atom is -0.426 e. The fraction of sp³-hybridized carbons (Fsp3) is 0.344. The molecule has 38 heavy (non-hydrogen) atoms. The van der Waals surface area contributed by atoms with Crippen molar-refractivity contribution in [3.05, 3.63) is 109 Å². The van der Waals surface area contributed by atoms with E-state index in [1.807, 2.05) is 30.3 Å². The summed E-state index contributed by atoms with van der Waals surface area (Å²) in [4.78, 5) is 11.8. The van der Waals surface area contributed by atoms with Gasteiger partial charge in [0.25, 0.3) is 8.32 Å². The lowest BCUT2D eigenvalue weighted by molar-refractivity contribution is -0.193. The lowest BCUT2D eigenvalue weighted by Crippen LogP contribution is -2.67. The summed E-state index contributed by atoms with van der Waals surface area (Å²) >= 11 is 0. The Hall–Kier alpha value is -3.03. The Balaban J connectivity index is 1.63. The second-order valence-electron chi connectivity index (χ2n) is 10.7. The number of carbonyl (C=O) groups excluding carboxylic acids is 1. The number of methoxy groups -OCH3 is 1. The van der Waals surface area contributed by atoms with Gasteiger partial charge in [-0.3, -0.25) is 0 Å². The fourth-order valence-corrected chi connectivity index (χ4v) is 9.72. The molecule has 0 spiro atoms. The zero-order chi connectivity index (χ0) is 27.1. The van der Waals surface area contributed by atoms with Gasteiger partial charge >= 0.3 is 5.97 Å². The molecule has 0 amide bonds. The third-order valence-corrected chi connectivity index (χ3v) is 12.1. The molecule has 0 bridgehead atoms. The molecule has 2 unspecified atom stereocenters. The summed E-state index contributed by atoms with van der Waals surface area (Å²) in [5, 5.41) is 2.31. The van der Waals surface area contributed by atoms with Gasteiger partial charge in [0, 0.05) is 19.6 Å². The normalized spacial score (nSPS) is 18.4.